The summed E-state index contributed by atoms with van der Waals surface area (Å²) in [6.45, 7) is 18.5. The molecule has 0 aliphatic heterocycles. The molecule has 14 heavy (non-hydrogen) atoms. The first-order valence-electron chi connectivity index (χ1n) is 6.42. The third-order valence-electron chi connectivity index (χ3n) is 4.92. The van der Waals surface area contributed by atoms with Crippen LogP contribution in [-0.2, 0) is 0 Å². The molecule has 4 unspecified atom stereocenters. The maximum absolute atomic E-state index is 2.44. The van der Waals surface area contributed by atoms with Crippen molar-refractivity contribution in [2.24, 2.45) is 29.1 Å². The van der Waals surface area contributed by atoms with Crippen LogP contribution in [0, 0.1) is 29.1 Å². The molecule has 1 saturated carbocycles. The Morgan fingerprint density at radius 1 is 0.929 bits per heavy atom. The van der Waals surface area contributed by atoms with E-state index in [4.69, 9.17) is 0 Å². The van der Waals surface area contributed by atoms with Crippen LogP contribution in [0.15, 0.2) is 0 Å². The van der Waals surface area contributed by atoms with E-state index in [-0.39, 0.29) is 0 Å². The van der Waals surface area contributed by atoms with Crippen LogP contribution in [0.1, 0.15) is 61.8 Å². The highest BCUT2D eigenvalue weighted by Crippen LogP contribution is 2.54. The van der Waals surface area contributed by atoms with Gasteiger partial charge in [0.25, 0.3) is 0 Å². The highest BCUT2D eigenvalue weighted by molar-refractivity contribution is 4.96. The normalized spacial score (nSPS) is 40.3. The van der Waals surface area contributed by atoms with Gasteiger partial charge in [0, 0.05) is 0 Å². The molecule has 0 spiro atoms. The van der Waals surface area contributed by atoms with E-state index in [0.29, 0.717) is 5.41 Å². The molecule has 0 heterocycles. The standard InChI is InChI=1S/C12H24.C2H6/c1-7-11-8(2)9(3)12(5,6)10(11)4;1-2/h8-11H,7H2,1-6H3;1-2H3. The van der Waals surface area contributed by atoms with Gasteiger partial charge < -0.3 is 0 Å². The minimum Gasteiger partial charge on any atom is -0.0683 e. The van der Waals surface area contributed by atoms with Gasteiger partial charge in [-0.25, -0.2) is 0 Å². The molecule has 1 aliphatic rings. The van der Waals surface area contributed by atoms with E-state index in [0.717, 1.165) is 23.7 Å². The summed E-state index contributed by atoms with van der Waals surface area (Å²) in [6, 6.07) is 0. The van der Waals surface area contributed by atoms with Crippen LogP contribution >= 0.6 is 0 Å². The minimum atomic E-state index is 0.556. The van der Waals surface area contributed by atoms with Crippen molar-refractivity contribution in [1.29, 1.82) is 0 Å². The summed E-state index contributed by atoms with van der Waals surface area (Å²) in [5.74, 6) is 3.65. The summed E-state index contributed by atoms with van der Waals surface area (Å²) in [5, 5.41) is 0. The van der Waals surface area contributed by atoms with Gasteiger partial charge in [-0.15, -0.1) is 0 Å². The van der Waals surface area contributed by atoms with E-state index in [2.05, 4.69) is 41.5 Å². The fourth-order valence-corrected chi connectivity index (χ4v) is 3.20. The van der Waals surface area contributed by atoms with Gasteiger partial charge in [-0.05, 0) is 29.1 Å². The molecule has 1 rings (SSSR count). The summed E-state index contributed by atoms with van der Waals surface area (Å²) < 4.78 is 0. The Morgan fingerprint density at radius 3 is 1.50 bits per heavy atom. The lowest BCUT2D eigenvalue weighted by molar-refractivity contribution is 0.190. The smallest absolute Gasteiger partial charge is 0.0297 e. The first-order valence-corrected chi connectivity index (χ1v) is 6.42. The first-order chi connectivity index (χ1) is 6.42. The molecule has 86 valence electrons. The van der Waals surface area contributed by atoms with Gasteiger partial charge in [0.05, 0.1) is 0 Å². The van der Waals surface area contributed by atoms with Crippen molar-refractivity contribution in [3.63, 3.8) is 0 Å². The van der Waals surface area contributed by atoms with Crippen molar-refractivity contribution < 1.29 is 0 Å². The molecule has 4 atom stereocenters. The van der Waals surface area contributed by atoms with Gasteiger partial charge in [0.1, 0.15) is 0 Å². The lowest BCUT2D eigenvalue weighted by Crippen LogP contribution is -2.23. The predicted molar refractivity (Wildman–Crippen MR) is 66.4 cm³/mol. The van der Waals surface area contributed by atoms with Crippen molar-refractivity contribution in [2.45, 2.75) is 61.8 Å². The second-order valence-electron chi connectivity index (χ2n) is 5.33. The molecule has 0 bridgehead atoms. The van der Waals surface area contributed by atoms with Gasteiger partial charge >= 0.3 is 0 Å². The molecular weight excluding hydrogens is 168 g/mol. The van der Waals surface area contributed by atoms with Crippen molar-refractivity contribution >= 4 is 0 Å². The molecule has 0 aromatic heterocycles. The minimum absolute atomic E-state index is 0.556. The summed E-state index contributed by atoms with van der Waals surface area (Å²) in [7, 11) is 0. The number of hydrogen-bond acceptors (Lipinski definition) is 0. The molecule has 0 heteroatoms. The largest absolute Gasteiger partial charge is 0.0683 e. The molecule has 0 radical (unpaired) electrons. The SMILES string of the molecule is CC.CCC1C(C)C(C)C(C)(C)C1C. The van der Waals surface area contributed by atoms with E-state index in [1.165, 1.54) is 6.42 Å². The summed E-state index contributed by atoms with van der Waals surface area (Å²) in [6.07, 6.45) is 1.36. The van der Waals surface area contributed by atoms with Crippen molar-refractivity contribution in [3.05, 3.63) is 0 Å². The molecule has 0 aromatic carbocycles. The van der Waals surface area contributed by atoms with E-state index in [1.807, 2.05) is 13.8 Å². The Hall–Kier alpha value is 0. The van der Waals surface area contributed by atoms with Gasteiger partial charge in [0.2, 0.25) is 0 Å². The van der Waals surface area contributed by atoms with E-state index >= 15 is 0 Å². The monoisotopic (exact) mass is 198 g/mol. The van der Waals surface area contributed by atoms with Gasteiger partial charge in [0.15, 0.2) is 0 Å². The molecule has 0 aromatic rings. The van der Waals surface area contributed by atoms with Crippen LogP contribution in [-0.4, -0.2) is 0 Å². The maximum Gasteiger partial charge on any atom is -0.0297 e. The predicted octanol–water partition coefficient (Wildman–Crippen LogP) is 4.99. The fraction of sp³-hybridized carbons (Fsp3) is 1.00. The Labute approximate surface area is 91.5 Å². The Kier molecular flexibility index (Phi) is 5.19. The molecule has 0 amide bonds. The fourth-order valence-electron chi connectivity index (χ4n) is 3.20. The van der Waals surface area contributed by atoms with Crippen LogP contribution in [0.25, 0.3) is 0 Å². The zero-order valence-corrected chi connectivity index (χ0v) is 11.5. The van der Waals surface area contributed by atoms with Gasteiger partial charge in [-0.3, -0.25) is 0 Å². The van der Waals surface area contributed by atoms with Crippen LogP contribution in [0.4, 0.5) is 0 Å². The molecule has 1 fully saturated rings. The maximum atomic E-state index is 2.44. The Balaban J connectivity index is 0.000000791. The van der Waals surface area contributed by atoms with Crippen LogP contribution in [0.2, 0.25) is 0 Å². The lowest BCUT2D eigenvalue weighted by atomic mass is 9.75. The van der Waals surface area contributed by atoms with E-state index in [1.54, 1.807) is 0 Å². The second kappa shape index (κ2) is 5.19. The summed E-state index contributed by atoms with van der Waals surface area (Å²) in [4.78, 5) is 0. The Bertz CT molecular complexity index is 157. The van der Waals surface area contributed by atoms with Gasteiger partial charge in [-0.1, -0.05) is 61.8 Å². The zero-order valence-electron chi connectivity index (χ0n) is 11.5. The first kappa shape index (κ1) is 14.0. The molecular formula is C14H30. The zero-order chi connectivity index (χ0) is 11.5. The quantitative estimate of drug-likeness (QED) is 0.557. The third kappa shape index (κ3) is 2.15. The summed E-state index contributed by atoms with van der Waals surface area (Å²) >= 11 is 0. The molecule has 0 N–H and O–H groups in total. The van der Waals surface area contributed by atoms with Crippen molar-refractivity contribution in [2.75, 3.05) is 0 Å². The number of hydrogen-bond donors (Lipinski definition) is 0. The van der Waals surface area contributed by atoms with Crippen LogP contribution in [0.3, 0.4) is 0 Å². The van der Waals surface area contributed by atoms with Crippen LogP contribution < -0.4 is 0 Å². The van der Waals surface area contributed by atoms with E-state index < -0.39 is 0 Å². The molecule has 0 saturated heterocycles. The molecule has 0 nitrogen and oxygen atoms in total. The van der Waals surface area contributed by atoms with Crippen molar-refractivity contribution in [1.82, 2.24) is 0 Å². The highest BCUT2D eigenvalue weighted by atomic mass is 14.5. The van der Waals surface area contributed by atoms with Crippen LogP contribution in [0.5, 0.6) is 0 Å². The average molecular weight is 198 g/mol. The average Bonchev–Trinajstić information content (AvgIpc) is 2.32. The third-order valence-corrected chi connectivity index (χ3v) is 4.92. The second-order valence-corrected chi connectivity index (χ2v) is 5.33. The molecule has 1 aliphatic carbocycles. The van der Waals surface area contributed by atoms with E-state index in [9.17, 15) is 0 Å². The summed E-state index contributed by atoms with van der Waals surface area (Å²) in [5.41, 5.74) is 0.556. The Morgan fingerprint density at radius 2 is 1.36 bits per heavy atom. The van der Waals surface area contributed by atoms with Crippen molar-refractivity contribution in [3.8, 4) is 0 Å². The highest BCUT2D eigenvalue weighted by Gasteiger charge is 2.47. The topological polar surface area (TPSA) is 0 Å². The van der Waals surface area contributed by atoms with Gasteiger partial charge in [-0.2, -0.15) is 0 Å². The number of rotatable bonds is 1. The lowest BCUT2D eigenvalue weighted by Gasteiger charge is -2.30.